The topological polar surface area (TPSA) is 84.5 Å². The van der Waals surface area contributed by atoms with Crippen LogP contribution >= 0.6 is 0 Å². The number of nitrogens with zero attached hydrogens (tertiary/aromatic N) is 1. The Morgan fingerprint density at radius 2 is 1.93 bits per heavy atom. The molecule has 142 valence electrons. The smallest absolute Gasteiger partial charge is 0.419 e. The lowest BCUT2D eigenvalue weighted by Crippen LogP contribution is -2.17. The minimum absolute atomic E-state index is 0.0356. The van der Waals surface area contributed by atoms with Crippen molar-refractivity contribution in [1.29, 1.82) is 0 Å². The maximum atomic E-state index is 12.3. The zero-order valence-corrected chi connectivity index (χ0v) is 15.8. The van der Waals surface area contributed by atoms with E-state index in [0.717, 1.165) is 11.1 Å². The van der Waals surface area contributed by atoms with Crippen molar-refractivity contribution in [1.82, 2.24) is 4.57 Å². The van der Waals surface area contributed by atoms with E-state index in [1.165, 1.54) is 4.57 Å². The van der Waals surface area contributed by atoms with E-state index in [4.69, 9.17) is 4.42 Å². The third kappa shape index (κ3) is 4.22. The summed E-state index contributed by atoms with van der Waals surface area (Å²) in [5, 5.41) is 12.8. The Morgan fingerprint density at radius 3 is 2.67 bits per heavy atom. The van der Waals surface area contributed by atoms with Gasteiger partial charge in [0.2, 0.25) is 5.91 Å². The van der Waals surface area contributed by atoms with Gasteiger partial charge in [-0.1, -0.05) is 39.0 Å². The Hall–Kier alpha value is -3.02. The van der Waals surface area contributed by atoms with Gasteiger partial charge >= 0.3 is 5.76 Å². The minimum Gasteiger partial charge on any atom is -0.506 e. The monoisotopic (exact) mass is 368 g/mol. The third-order valence-electron chi connectivity index (χ3n) is 4.50. The maximum absolute atomic E-state index is 12.3. The van der Waals surface area contributed by atoms with Gasteiger partial charge in [0.05, 0.1) is 11.2 Å². The van der Waals surface area contributed by atoms with Crippen LogP contribution < -0.4 is 11.1 Å². The molecular weight excluding hydrogens is 344 g/mol. The first-order valence-electron chi connectivity index (χ1n) is 8.97. The lowest BCUT2D eigenvalue weighted by Gasteiger charge is -2.20. The molecule has 27 heavy (non-hydrogen) atoms. The summed E-state index contributed by atoms with van der Waals surface area (Å²) in [7, 11) is 0. The van der Waals surface area contributed by atoms with Gasteiger partial charge in [-0.25, -0.2) is 4.79 Å². The van der Waals surface area contributed by atoms with E-state index in [0.29, 0.717) is 24.2 Å². The van der Waals surface area contributed by atoms with Crippen LogP contribution in [-0.2, 0) is 16.8 Å². The van der Waals surface area contributed by atoms with Crippen LogP contribution in [0.15, 0.2) is 51.7 Å². The number of nitrogens with one attached hydrogen (secondary N) is 1. The summed E-state index contributed by atoms with van der Waals surface area (Å²) < 4.78 is 6.71. The Balaban J connectivity index is 1.63. The van der Waals surface area contributed by atoms with E-state index in [1.54, 1.807) is 24.3 Å². The SMILES string of the molecule is CC(C)(C)c1ccc(O)c(NC(=O)CCCn2c(=O)oc3ccccc32)c1. The average molecular weight is 368 g/mol. The van der Waals surface area contributed by atoms with E-state index in [-0.39, 0.29) is 23.5 Å². The number of aromatic nitrogens is 1. The molecule has 1 aromatic heterocycles. The number of hydrogen-bond acceptors (Lipinski definition) is 4. The number of anilines is 1. The van der Waals surface area contributed by atoms with Crippen molar-refractivity contribution in [2.45, 2.75) is 45.6 Å². The second-order valence-corrected chi connectivity index (χ2v) is 7.62. The highest BCUT2D eigenvalue weighted by Crippen LogP contribution is 2.30. The molecule has 0 aliphatic heterocycles. The molecule has 0 bridgehead atoms. The van der Waals surface area contributed by atoms with Crippen molar-refractivity contribution < 1.29 is 14.3 Å². The van der Waals surface area contributed by atoms with E-state index < -0.39 is 5.76 Å². The van der Waals surface area contributed by atoms with Crippen LogP contribution in [0.4, 0.5) is 5.69 Å². The maximum Gasteiger partial charge on any atom is 0.419 e. The minimum atomic E-state index is -0.424. The fourth-order valence-corrected chi connectivity index (χ4v) is 2.94. The van der Waals surface area contributed by atoms with Gasteiger partial charge in [0.15, 0.2) is 5.58 Å². The van der Waals surface area contributed by atoms with Crippen molar-refractivity contribution in [2.24, 2.45) is 0 Å². The molecule has 0 aliphatic carbocycles. The molecule has 3 aromatic rings. The molecule has 3 rings (SSSR count). The van der Waals surface area contributed by atoms with Gasteiger partial charge in [-0.05, 0) is 41.7 Å². The summed E-state index contributed by atoms with van der Waals surface area (Å²) in [6.07, 6.45) is 0.708. The lowest BCUT2D eigenvalue weighted by molar-refractivity contribution is -0.116. The van der Waals surface area contributed by atoms with Gasteiger partial charge in [0, 0.05) is 13.0 Å². The van der Waals surface area contributed by atoms with Gasteiger partial charge in [-0.15, -0.1) is 0 Å². The largest absolute Gasteiger partial charge is 0.506 e. The second-order valence-electron chi connectivity index (χ2n) is 7.62. The molecule has 0 saturated heterocycles. The Bertz CT molecular complexity index is 1020. The molecule has 0 aliphatic rings. The number of benzene rings is 2. The Kier molecular flexibility index (Phi) is 5.08. The zero-order valence-electron chi connectivity index (χ0n) is 15.8. The molecule has 0 saturated carbocycles. The molecule has 0 radical (unpaired) electrons. The number of aromatic hydroxyl groups is 1. The Morgan fingerprint density at radius 1 is 1.19 bits per heavy atom. The summed E-state index contributed by atoms with van der Waals surface area (Å²) in [6, 6.07) is 12.4. The first-order valence-corrected chi connectivity index (χ1v) is 8.97. The molecule has 2 aromatic carbocycles. The highest BCUT2D eigenvalue weighted by Gasteiger charge is 2.16. The van der Waals surface area contributed by atoms with Crippen LogP contribution in [0.3, 0.4) is 0 Å². The highest BCUT2D eigenvalue weighted by atomic mass is 16.4. The van der Waals surface area contributed by atoms with E-state index in [1.807, 2.05) is 18.2 Å². The number of phenolic OH excluding ortho intramolecular Hbond substituents is 1. The van der Waals surface area contributed by atoms with Crippen molar-refractivity contribution in [3.63, 3.8) is 0 Å². The number of carbonyl (C=O) groups excluding carboxylic acids is 1. The predicted molar refractivity (Wildman–Crippen MR) is 105 cm³/mol. The number of hydrogen-bond donors (Lipinski definition) is 2. The van der Waals surface area contributed by atoms with Gasteiger partial charge in [0.1, 0.15) is 5.75 Å². The normalized spacial score (nSPS) is 11.7. The fourth-order valence-electron chi connectivity index (χ4n) is 2.94. The van der Waals surface area contributed by atoms with Crippen molar-refractivity contribution in [2.75, 3.05) is 5.32 Å². The molecule has 0 spiro atoms. The van der Waals surface area contributed by atoms with Crippen LogP contribution in [0, 0.1) is 0 Å². The summed E-state index contributed by atoms with van der Waals surface area (Å²) >= 11 is 0. The molecule has 0 unspecified atom stereocenters. The molecule has 1 heterocycles. The quantitative estimate of drug-likeness (QED) is 0.666. The molecule has 0 fully saturated rings. The summed E-state index contributed by atoms with van der Waals surface area (Å²) in [6.45, 7) is 6.59. The van der Waals surface area contributed by atoms with Crippen molar-refractivity contribution >= 4 is 22.7 Å². The van der Waals surface area contributed by atoms with E-state index >= 15 is 0 Å². The molecule has 1 amide bonds. The highest BCUT2D eigenvalue weighted by molar-refractivity contribution is 5.92. The van der Waals surface area contributed by atoms with Gasteiger partial charge < -0.3 is 14.8 Å². The van der Waals surface area contributed by atoms with E-state index in [9.17, 15) is 14.7 Å². The summed E-state index contributed by atoms with van der Waals surface area (Å²) in [4.78, 5) is 24.2. The molecule has 0 atom stereocenters. The van der Waals surface area contributed by atoms with Crippen LogP contribution in [0.5, 0.6) is 5.75 Å². The number of oxazole rings is 1. The van der Waals surface area contributed by atoms with Crippen LogP contribution in [-0.4, -0.2) is 15.6 Å². The zero-order chi connectivity index (χ0) is 19.6. The summed E-state index contributed by atoms with van der Waals surface area (Å²) in [5.41, 5.74) is 2.59. The number of carbonyl (C=O) groups is 1. The first-order chi connectivity index (χ1) is 12.8. The number of fused-ring (bicyclic) bond motifs is 1. The van der Waals surface area contributed by atoms with Gasteiger partial charge in [-0.2, -0.15) is 0 Å². The number of amides is 1. The molecule has 6 heteroatoms. The van der Waals surface area contributed by atoms with Gasteiger partial charge in [0.25, 0.3) is 0 Å². The lowest BCUT2D eigenvalue weighted by atomic mass is 9.87. The van der Waals surface area contributed by atoms with Gasteiger partial charge in [-0.3, -0.25) is 9.36 Å². The third-order valence-corrected chi connectivity index (χ3v) is 4.50. The van der Waals surface area contributed by atoms with Crippen LogP contribution in [0.1, 0.15) is 39.2 Å². The number of phenols is 1. The first kappa shape index (κ1) is 18.8. The average Bonchev–Trinajstić information content (AvgIpc) is 2.91. The standard InChI is InChI=1S/C21H24N2O4/c1-21(2,3)14-10-11-17(24)15(13-14)22-19(25)9-6-12-23-16-7-4-5-8-18(16)27-20(23)26/h4-5,7-8,10-11,13,24H,6,9,12H2,1-3H3,(H,22,25). The number of para-hydroxylation sites is 2. The molecular formula is C21H24N2O4. The number of rotatable bonds is 5. The fraction of sp³-hybridized carbons (Fsp3) is 0.333. The molecule has 2 N–H and O–H groups in total. The number of aryl methyl sites for hydroxylation is 1. The van der Waals surface area contributed by atoms with Crippen LogP contribution in [0.2, 0.25) is 0 Å². The van der Waals surface area contributed by atoms with Crippen LogP contribution in [0.25, 0.3) is 11.1 Å². The Labute approximate surface area is 157 Å². The van der Waals surface area contributed by atoms with Crippen molar-refractivity contribution in [3.05, 3.63) is 58.6 Å². The molecule has 6 nitrogen and oxygen atoms in total. The van der Waals surface area contributed by atoms with E-state index in [2.05, 4.69) is 26.1 Å². The summed E-state index contributed by atoms with van der Waals surface area (Å²) in [5.74, 6) is -0.599. The predicted octanol–water partition coefficient (Wildman–Crippen LogP) is 4.02. The second kappa shape index (κ2) is 7.31. The van der Waals surface area contributed by atoms with Crippen molar-refractivity contribution in [3.8, 4) is 5.75 Å².